The van der Waals surface area contributed by atoms with Crippen molar-refractivity contribution in [2.75, 3.05) is 20.1 Å². The predicted octanol–water partition coefficient (Wildman–Crippen LogP) is 2.98. The molecule has 1 atom stereocenters. The number of rotatable bonds is 5. The van der Waals surface area contributed by atoms with Crippen LogP contribution in [0.1, 0.15) is 50.4 Å². The molecule has 1 aromatic carbocycles. The number of amides is 1. The van der Waals surface area contributed by atoms with Crippen molar-refractivity contribution in [3.05, 3.63) is 29.8 Å². The Morgan fingerprint density at radius 1 is 1.25 bits per heavy atom. The van der Waals surface area contributed by atoms with Crippen LogP contribution in [0.3, 0.4) is 0 Å². The zero-order valence-corrected chi connectivity index (χ0v) is 15.8. The molecule has 5 nitrogen and oxygen atoms in total. The number of piperidine rings is 1. The third-order valence-corrected chi connectivity index (χ3v) is 6.46. The van der Waals surface area contributed by atoms with Gasteiger partial charge in [0.1, 0.15) is 0 Å². The van der Waals surface area contributed by atoms with Crippen molar-refractivity contribution in [3.63, 3.8) is 0 Å². The first kappa shape index (κ1) is 18.9. The predicted molar refractivity (Wildman–Crippen MR) is 95.4 cm³/mol. The van der Waals surface area contributed by atoms with E-state index in [1.165, 1.54) is 0 Å². The van der Waals surface area contributed by atoms with Gasteiger partial charge in [-0.05, 0) is 49.9 Å². The molecule has 6 heteroatoms. The SMILES string of the molecule is CC(C)CN(C)C(=O)c1ccc(S(=O)(=O)N2CCCCC2C)cc1. The van der Waals surface area contributed by atoms with Gasteiger partial charge in [-0.2, -0.15) is 4.31 Å². The Bertz CT molecular complexity index is 668. The maximum Gasteiger partial charge on any atom is 0.253 e. The molecule has 0 aromatic heterocycles. The van der Waals surface area contributed by atoms with Gasteiger partial charge < -0.3 is 4.90 Å². The van der Waals surface area contributed by atoms with Crippen LogP contribution in [0.25, 0.3) is 0 Å². The molecule has 0 radical (unpaired) electrons. The van der Waals surface area contributed by atoms with Crippen molar-refractivity contribution in [1.82, 2.24) is 9.21 Å². The van der Waals surface area contributed by atoms with Gasteiger partial charge in [0, 0.05) is 31.7 Å². The molecular formula is C18H28N2O3S. The molecule has 0 spiro atoms. The Morgan fingerprint density at radius 2 is 1.88 bits per heavy atom. The molecule has 1 heterocycles. The largest absolute Gasteiger partial charge is 0.341 e. The molecule has 2 rings (SSSR count). The molecule has 0 saturated carbocycles. The summed E-state index contributed by atoms with van der Waals surface area (Å²) in [4.78, 5) is 14.3. The first-order valence-corrected chi connectivity index (χ1v) is 10.0. The van der Waals surface area contributed by atoms with Gasteiger partial charge in [0.05, 0.1) is 4.90 Å². The van der Waals surface area contributed by atoms with Crippen molar-refractivity contribution in [2.45, 2.75) is 51.0 Å². The van der Waals surface area contributed by atoms with Crippen molar-refractivity contribution in [2.24, 2.45) is 5.92 Å². The highest BCUT2D eigenvalue weighted by Gasteiger charge is 2.31. The molecule has 134 valence electrons. The van der Waals surface area contributed by atoms with Gasteiger partial charge in [-0.15, -0.1) is 0 Å². The zero-order chi connectivity index (χ0) is 17.9. The summed E-state index contributed by atoms with van der Waals surface area (Å²) in [7, 11) is -1.72. The highest BCUT2D eigenvalue weighted by atomic mass is 32.2. The summed E-state index contributed by atoms with van der Waals surface area (Å²) in [5.74, 6) is 0.304. The van der Waals surface area contributed by atoms with Crippen LogP contribution in [0, 0.1) is 5.92 Å². The maximum absolute atomic E-state index is 12.8. The van der Waals surface area contributed by atoms with Crippen LogP contribution in [0.2, 0.25) is 0 Å². The lowest BCUT2D eigenvalue weighted by Crippen LogP contribution is -2.41. The minimum Gasteiger partial charge on any atom is -0.341 e. The Kier molecular flexibility index (Phi) is 6.04. The normalized spacial score (nSPS) is 19.5. The molecule has 1 unspecified atom stereocenters. The van der Waals surface area contributed by atoms with E-state index in [2.05, 4.69) is 13.8 Å². The average Bonchev–Trinajstić information content (AvgIpc) is 2.54. The molecule has 0 N–H and O–H groups in total. The van der Waals surface area contributed by atoms with Crippen molar-refractivity contribution in [3.8, 4) is 0 Å². The van der Waals surface area contributed by atoms with Gasteiger partial charge in [-0.3, -0.25) is 4.79 Å². The molecule has 1 aromatic rings. The first-order chi connectivity index (χ1) is 11.2. The third-order valence-electron chi connectivity index (χ3n) is 4.44. The number of nitrogens with zero attached hydrogens (tertiary/aromatic N) is 2. The van der Waals surface area contributed by atoms with Gasteiger partial charge in [-0.25, -0.2) is 8.42 Å². The van der Waals surface area contributed by atoms with Crippen molar-refractivity contribution in [1.29, 1.82) is 0 Å². The number of benzene rings is 1. The van der Waals surface area contributed by atoms with Crippen LogP contribution < -0.4 is 0 Å². The standard InChI is InChI=1S/C18H28N2O3S/c1-14(2)13-19(4)18(21)16-8-10-17(11-9-16)24(22,23)20-12-6-5-7-15(20)3/h8-11,14-15H,5-7,12-13H2,1-4H3. The second kappa shape index (κ2) is 7.66. The van der Waals surface area contributed by atoms with E-state index in [9.17, 15) is 13.2 Å². The quantitative estimate of drug-likeness (QED) is 0.818. The molecule has 1 amide bonds. The van der Waals surface area contributed by atoms with E-state index in [0.29, 0.717) is 24.6 Å². The monoisotopic (exact) mass is 352 g/mol. The molecular weight excluding hydrogens is 324 g/mol. The molecule has 1 aliphatic heterocycles. The molecule has 1 fully saturated rings. The van der Waals surface area contributed by atoms with E-state index in [1.807, 2.05) is 6.92 Å². The highest BCUT2D eigenvalue weighted by Crippen LogP contribution is 2.25. The topological polar surface area (TPSA) is 57.7 Å². The maximum atomic E-state index is 12.8. The van der Waals surface area contributed by atoms with Crippen LogP contribution >= 0.6 is 0 Å². The fourth-order valence-electron chi connectivity index (χ4n) is 3.18. The van der Waals surface area contributed by atoms with Gasteiger partial charge in [0.15, 0.2) is 0 Å². The average molecular weight is 353 g/mol. The van der Waals surface area contributed by atoms with Crippen LogP contribution in [0.15, 0.2) is 29.2 Å². The van der Waals surface area contributed by atoms with E-state index in [-0.39, 0.29) is 16.8 Å². The van der Waals surface area contributed by atoms with E-state index in [1.54, 1.807) is 40.5 Å². The van der Waals surface area contributed by atoms with Gasteiger partial charge in [0.25, 0.3) is 5.91 Å². The van der Waals surface area contributed by atoms with Gasteiger partial charge >= 0.3 is 0 Å². The fourth-order valence-corrected chi connectivity index (χ4v) is 4.88. The number of carbonyl (C=O) groups is 1. The van der Waals surface area contributed by atoms with E-state index >= 15 is 0 Å². The second-order valence-corrected chi connectivity index (χ2v) is 8.96. The summed E-state index contributed by atoms with van der Waals surface area (Å²) >= 11 is 0. The summed E-state index contributed by atoms with van der Waals surface area (Å²) in [5.41, 5.74) is 0.517. The van der Waals surface area contributed by atoms with Crippen LogP contribution in [0.4, 0.5) is 0 Å². The number of sulfonamides is 1. The Hall–Kier alpha value is -1.40. The highest BCUT2D eigenvalue weighted by molar-refractivity contribution is 7.89. The summed E-state index contributed by atoms with van der Waals surface area (Å²) in [6.45, 7) is 7.31. The van der Waals surface area contributed by atoms with Crippen LogP contribution in [0.5, 0.6) is 0 Å². The first-order valence-electron chi connectivity index (χ1n) is 8.61. The Labute approximate surface area is 145 Å². The Morgan fingerprint density at radius 3 is 2.42 bits per heavy atom. The van der Waals surface area contributed by atoms with Gasteiger partial charge in [-0.1, -0.05) is 20.3 Å². The minimum absolute atomic E-state index is 0.0298. The van der Waals surface area contributed by atoms with Crippen molar-refractivity contribution < 1.29 is 13.2 Å². The lowest BCUT2D eigenvalue weighted by atomic mass is 10.1. The van der Waals surface area contributed by atoms with E-state index in [0.717, 1.165) is 19.3 Å². The molecule has 24 heavy (non-hydrogen) atoms. The lowest BCUT2D eigenvalue weighted by molar-refractivity contribution is 0.0779. The number of hydrogen-bond donors (Lipinski definition) is 0. The minimum atomic E-state index is -3.48. The van der Waals surface area contributed by atoms with Gasteiger partial charge in [0.2, 0.25) is 10.0 Å². The molecule has 0 bridgehead atoms. The number of carbonyl (C=O) groups excluding carboxylic acids is 1. The molecule has 1 aliphatic rings. The van der Waals surface area contributed by atoms with E-state index < -0.39 is 10.0 Å². The van der Waals surface area contributed by atoms with E-state index in [4.69, 9.17) is 0 Å². The number of hydrogen-bond acceptors (Lipinski definition) is 3. The lowest BCUT2D eigenvalue weighted by Gasteiger charge is -2.32. The summed E-state index contributed by atoms with van der Waals surface area (Å²) < 4.78 is 27.2. The van der Waals surface area contributed by atoms with Crippen LogP contribution in [-0.2, 0) is 10.0 Å². The van der Waals surface area contributed by atoms with Crippen LogP contribution in [-0.4, -0.2) is 49.7 Å². The summed E-state index contributed by atoms with van der Waals surface area (Å²) in [6.07, 6.45) is 2.87. The molecule has 0 aliphatic carbocycles. The summed E-state index contributed by atoms with van der Waals surface area (Å²) in [5, 5.41) is 0. The zero-order valence-electron chi connectivity index (χ0n) is 15.0. The second-order valence-electron chi connectivity index (χ2n) is 7.06. The van der Waals surface area contributed by atoms with Crippen molar-refractivity contribution >= 4 is 15.9 Å². The summed E-state index contributed by atoms with van der Waals surface area (Å²) in [6, 6.07) is 6.35. The molecule has 1 saturated heterocycles. The Balaban J connectivity index is 2.18. The fraction of sp³-hybridized carbons (Fsp3) is 0.611. The third kappa shape index (κ3) is 4.16. The smallest absolute Gasteiger partial charge is 0.253 e.